The van der Waals surface area contributed by atoms with Gasteiger partial charge in [0.1, 0.15) is 16.3 Å². The number of aromatic nitrogens is 2. The summed E-state index contributed by atoms with van der Waals surface area (Å²) in [5.74, 6) is 0.451. The highest BCUT2D eigenvalue weighted by Gasteiger charge is 2.22. The van der Waals surface area contributed by atoms with E-state index in [1.54, 1.807) is 13.0 Å². The molecule has 1 saturated heterocycles. The lowest BCUT2D eigenvalue weighted by Gasteiger charge is -2.25. The predicted octanol–water partition coefficient (Wildman–Crippen LogP) is 3.48. The van der Waals surface area contributed by atoms with Crippen LogP contribution in [0, 0.1) is 13.8 Å². The second kappa shape index (κ2) is 9.24. The van der Waals surface area contributed by atoms with Gasteiger partial charge in [-0.2, -0.15) is 0 Å². The standard InChI is InChI=1S/C24H23N5O4S/c1-14-7-8-20(33-14)19-13-17(16-5-3-4-6-18(16)26-19)22(30)27-28-23(31)21-15(2)25-24(34-21)29-9-11-32-12-10-29/h3-8,13H,9-12H2,1-2H3,(H,27,30)(H,28,31). The predicted molar refractivity (Wildman–Crippen MR) is 129 cm³/mol. The van der Waals surface area contributed by atoms with Gasteiger partial charge in [-0.05, 0) is 38.1 Å². The van der Waals surface area contributed by atoms with Crippen molar-refractivity contribution in [2.75, 3.05) is 31.2 Å². The molecular formula is C24H23N5O4S. The Hall–Kier alpha value is -3.76. The zero-order chi connectivity index (χ0) is 23.7. The number of morpholine rings is 1. The van der Waals surface area contributed by atoms with Crippen molar-refractivity contribution in [2.24, 2.45) is 0 Å². The van der Waals surface area contributed by atoms with E-state index in [1.807, 2.05) is 43.3 Å². The van der Waals surface area contributed by atoms with Crippen LogP contribution >= 0.6 is 11.3 Å². The molecule has 0 radical (unpaired) electrons. The number of hydrogen-bond acceptors (Lipinski definition) is 8. The number of nitrogens with zero attached hydrogens (tertiary/aromatic N) is 3. The molecule has 0 saturated carbocycles. The number of aryl methyl sites for hydroxylation is 2. The number of amides is 2. The van der Waals surface area contributed by atoms with Crippen LogP contribution in [0.3, 0.4) is 0 Å². The number of fused-ring (bicyclic) bond motifs is 1. The van der Waals surface area contributed by atoms with E-state index in [4.69, 9.17) is 9.15 Å². The highest BCUT2D eigenvalue weighted by molar-refractivity contribution is 7.17. The van der Waals surface area contributed by atoms with Crippen molar-refractivity contribution >= 4 is 39.2 Å². The van der Waals surface area contributed by atoms with Gasteiger partial charge in [-0.1, -0.05) is 29.5 Å². The molecule has 5 rings (SSSR count). The summed E-state index contributed by atoms with van der Waals surface area (Å²) in [6.07, 6.45) is 0. The Morgan fingerprint density at radius 2 is 1.76 bits per heavy atom. The Balaban J connectivity index is 1.36. The minimum absolute atomic E-state index is 0.380. The van der Waals surface area contributed by atoms with Crippen molar-refractivity contribution in [1.29, 1.82) is 0 Å². The molecule has 0 atom stereocenters. The lowest BCUT2D eigenvalue weighted by atomic mass is 10.1. The fourth-order valence-electron chi connectivity index (χ4n) is 3.78. The molecule has 3 aromatic heterocycles. The molecule has 0 aliphatic carbocycles. The first-order valence-electron chi connectivity index (χ1n) is 10.9. The van der Waals surface area contributed by atoms with Crippen LogP contribution in [0.25, 0.3) is 22.4 Å². The third-order valence-corrected chi connectivity index (χ3v) is 6.73. The van der Waals surface area contributed by atoms with E-state index >= 15 is 0 Å². The monoisotopic (exact) mass is 477 g/mol. The van der Waals surface area contributed by atoms with Gasteiger partial charge < -0.3 is 14.1 Å². The molecule has 1 aliphatic heterocycles. The van der Waals surface area contributed by atoms with Crippen molar-refractivity contribution in [2.45, 2.75) is 13.8 Å². The summed E-state index contributed by atoms with van der Waals surface area (Å²) in [6.45, 7) is 6.37. The largest absolute Gasteiger partial charge is 0.460 e. The van der Waals surface area contributed by atoms with E-state index in [2.05, 4.69) is 25.7 Å². The fourth-order valence-corrected chi connectivity index (χ4v) is 4.80. The van der Waals surface area contributed by atoms with Crippen molar-refractivity contribution < 1.29 is 18.7 Å². The Kier molecular flexibility index (Phi) is 5.99. The lowest BCUT2D eigenvalue weighted by molar-refractivity contribution is 0.0849. The first-order chi connectivity index (χ1) is 16.5. The van der Waals surface area contributed by atoms with Gasteiger partial charge in [-0.3, -0.25) is 20.4 Å². The summed E-state index contributed by atoms with van der Waals surface area (Å²) in [5.41, 5.74) is 7.25. The molecule has 2 N–H and O–H groups in total. The van der Waals surface area contributed by atoms with Crippen LogP contribution in [0.4, 0.5) is 5.13 Å². The van der Waals surface area contributed by atoms with E-state index in [-0.39, 0.29) is 0 Å². The summed E-state index contributed by atoms with van der Waals surface area (Å²) < 4.78 is 11.1. The minimum atomic E-state index is -0.452. The lowest BCUT2D eigenvalue weighted by Crippen LogP contribution is -2.41. The Morgan fingerprint density at radius 3 is 2.53 bits per heavy atom. The Bertz CT molecular complexity index is 1370. The van der Waals surface area contributed by atoms with E-state index in [1.165, 1.54) is 11.3 Å². The molecule has 1 fully saturated rings. The van der Waals surface area contributed by atoms with Crippen molar-refractivity contribution in [3.63, 3.8) is 0 Å². The number of furan rings is 1. The van der Waals surface area contributed by atoms with Gasteiger partial charge in [0.2, 0.25) is 0 Å². The number of para-hydroxylation sites is 1. The zero-order valence-electron chi connectivity index (χ0n) is 18.8. The molecule has 0 spiro atoms. The molecule has 9 nitrogen and oxygen atoms in total. The third kappa shape index (κ3) is 4.37. The number of thiazole rings is 1. The first-order valence-corrected chi connectivity index (χ1v) is 11.7. The van der Waals surface area contributed by atoms with Crippen LogP contribution in [-0.2, 0) is 4.74 Å². The second-order valence-electron chi connectivity index (χ2n) is 7.90. The zero-order valence-corrected chi connectivity index (χ0v) is 19.6. The Labute approximate surface area is 199 Å². The van der Waals surface area contributed by atoms with Crippen LogP contribution in [-0.4, -0.2) is 48.1 Å². The molecule has 4 heterocycles. The fraction of sp³-hybridized carbons (Fsp3) is 0.250. The minimum Gasteiger partial charge on any atom is -0.460 e. The Morgan fingerprint density at radius 1 is 1.00 bits per heavy atom. The van der Waals surface area contributed by atoms with E-state index in [0.29, 0.717) is 51.7 Å². The van der Waals surface area contributed by atoms with Gasteiger partial charge in [0.25, 0.3) is 11.8 Å². The summed E-state index contributed by atoms with van der Waals surface area (Å²) in [5, 5.41) is 1.45. The quantitative estimate of drug-likeness (QED) is 0.433. The maximum atomic E-state index is 13.1. The number of anilines is 1. The summed E-state index contributed by atoms with van der Waals surface area (Å²) in [4.78, 5) is 37.6. The molecule has 34 heavy (non-hydrogen) atoms. The molecule has 174 valence electrons. The van der Waals surface area contributed by atoms with Crippen LogP contribution in [0.1, 0.15) is 31.5 Å². The molecule has 0 unspecified atom stereocenters. The van der Waals surface area contributed by atoms with E-state index < -0.39 is 11.8 Å². The number of hydrazine groups is 1. The summed E-state index contributed by atoms with van der Waals surface area (Å²) >= 11 is 1.30. The summed E-state index contributed by atoms with van der Waals surface area (Å²) in [7, 11) is 0. The number of benzene rings is 1. The number of nitrogens with one attached hydrogen (secondary N) is 2. The third-order valence-electron chi connectivity index (χ3n) is 5.52. The van der Waals surface area contributed by atoms with Crippen LogP contribution in [0.5, 0.6) is 0 Å². The molecule has 2 amide bonds. The van der Waals surface area contributed by atoms with Crippen LogP contribution in [0.15, 0.2) is 46.9 Å². The van der Waals surface area contributed by atoms with Crippen LogP contribution < -0.4 is 15.8 Å². The van der Waals surface area contributed by atoms with E-state index in [0.717, 1.165) is 24.0 Å². The van der Waals surface area contributed by atoms with Gasteiger partial charge in [-0.15, -0.1) is 0 Å². The number of carbonyl (C=O) groups excluding carboxylic acids is 2. The molecule has 1 aliphatic rings. The average Bonchev–Trinajstić information content (AvgIpc) is 3.48. The molecule has 4 aromatic rings. The number of hydrogen-bond donors (Lipinski definition) is 2. The van der Waals surface area contributed by atoms with Gasteiger partial charge in [0.05, 0.1) is 30.0 Å². The van der Waals surface area contributed by atoms with Gasteiger partial charge in [0.15, 0.2) is 10.9 Å². The smallest absolute Gasteiger partial charge is 0.281 e. The second-order valence-corrected chi connectivity index (χ2v) is 8.88. The number of rotatable bonds is 4. The van der Waals surface area contributed by atoms with E-state index in [9.17, 15) is 9.59 Å². The summed E-state index contributed by atoms with van der Waals surface area (Å²) in [6, 6.07) is 12.7. The highest BCUT2D eigenvalue weighted by atomic mass is 32.1. The average molecular weight is 478 g/mol. The molecular weight excluding hydrogens is 454 g/mol. The SMILES string of the molecule is Cc1ccc(-c2cc(C(=O)NNC(=O)c3sc(N4CCOCC4)nc3C)c3ccccc3n2)o1. The molecule has 0 bridgehead atoms. The van der Waals surface area contributed by atoms with Gasteiger partial charge >= 0.3 is 0 Å². The normalized spacial score (nSPS) is 13.8. The first kappa shape index (κ1) is 22.1. The van der Waals surface area contributed by atoms with Crippen molar-refractivity contribution in [3.8, 4) is 11.5 Å². The molecule has 1 aromatic carbocycles. The van der Waals surface area contributed by atoms with Gasteiger partial charge in [0, 0.05) is 18.5 Å². The maximum absolute atomic E-state index is 13.1. The van der Waals surface area contributed by atoms with Gasteiger partial charge in [-0.25, -0.2) is 9.97 Å². The number of carbonyl (C=O) groups is 2. The molecule has 10 heteroatoms. The maximum Gasteiger partial charge on any atom is 0.281 e. The van der Waals surface area contributed by atoms with Crippen molar-refractivity contribution in [1.82, 2.24) is 20.8 Å². The highest BCUT2D eigenvalue weighted by Crippen LogP contribution is 2.28. The number of ether oxygens (including phenoxy) is 1. The number of pyridine rings is 1. The van der Waals surface area contributed by atoms with Crippen molar-refractivity contribution in [3.05, 3.63) is 64.4 Å². The van der Waals surface area contributed by atoms with Crippen LogP contribution in [0.2, 0.25) is 0 Å². The topological polar surface area (TPSA) is 110 Å².